The zero-order valence-corrected chi connectivity index (χ0v) is 16.7. The number of nitrogens with one attached hydrogen (secondary N) is 1. The average molecular weight is 464 g/mol. The van der Waals surface area contributed by atoms with E-state index in [1.807, 2.05) is 6.92 Å². The van der Waals surface area contributed by atoms with Gasteiger partial charge in [-0.05, 0) is 42.8 Å². The summed E-state index contributed by atoms with van der Waals surface area (Å²) in [5.41, 5.74) is 0.455. The summed E-state index contributed by atoms with van der Waals surface area (Å²) in [6.45, 7) is 2.12. The van der Waals surface area contributed by atoms with Gasteiger partial charge in [-0.3, -0.25) is 0 Å². The van der Waals surface area contributed by atoms with Gasteiger partial charge < -0.3 is 14.6 Å². The Hall–Kier alpha value is -2.72. The molecule has 31 heavy (non-hydrogen) atoms. The summed E-state index contributed by atoms with van der Waals surface area (Å²) in [6.07, 6.45) is -6.98. The fourth-order valence-electron chi connectivity index (χ4n) is 2.86. The van der Waals surface area contributed by atoms with Crippen molar-refractivity contribution in [3.8, 4) is 11.6 Å². The van der Waals surface area contributed by atoms with Crippen LogP contribution in [0.1, 0.15) is 29.8 Å². The van der Waals surface area contributed by atoms with Crippen molar-refractivity contribution in [2.75, 3.05) is 0 Å². The van der Waals surface area contributed by atoms with Crippen molar-refractivity contribution < 1.29 is 31.1 Å². The Morgan fingerprint density at radius 2 is 1.77 bits per heavy atom. The Morgan fingerprint density at radius 3 is 2.35 bits per heavy atom. The monoisotopic (exact) mass is 463 g/mol. The lowest BCUT2D eigenvalue weighted by atomic mass is 10.1. The molecule has 1 unspecified atom stereocenters. The van der Waals surface area contributed by atoms with Crippen molar-refractivity contribution in [2.45, 2.75) is 32.0 Å². The molecule has 1 N–H and O–H groups in total. The molecule has 2 heterocycles. The lowest BCUT2D eigenvalue weighted by Crippen LogP contribution is -2.20. The molecule has 1 aromatic carbocycles. The molecule has 0 aliphatic carbocycles. The molecule has 0 bridgehead atoms. The molecule has 0 amide bonds. The highest BCUT2D eigenvalue weighted by molar-refractivity contribution is 6.32. The number of hydrogen-bond acceptors (Lipinski definition) is 3. The highest BCUT2D eigenvalue weighted by Gasteiger charge is 2.32. The number of hydrogen-bond donors (Lipinski definition) is 1. The maximum atomic E-state index is 12.8. The van der Waals surface area contributed by atoms with E-state index in [4.69, 9.17) is 11.6 Å². The number of alkyl halides is 6. The van der Waals surface area contributed by atoms with Crippen molar-refractivity contribution in [1.29, 1.82) is 0 Å². The van der Waals surface area contributed by atoms with Crippen LogP contribution >= 0.6 is 11.6 Å². The molecule has 11 heteroatoms. The van der Waals surface area contributed by atoms with Crippen LogP contribution in [0.3, 0.4) is 0 Å². The van der Waals surface area contributed by atoms with Crippen molar-refractivity contribution >= 4 is 11.6 Å². The van der Waals surface area contributed by atoms with Crippen molar-refractivity contribution in [1.82, 2.24) is 14.9 Å². The average Bonchev–Trinajstić information content (AvgIpc) is 3.13. The maximum Gasteiger partial charge on any atom is 0.573 e. The second kappa shape index (κ2) is 8.80. The molecule has 0 spiro atoms. The summed E-state index contributed by atoms with van der Waals surface area (Å²) in [5, 5.41) is 3.05. The minimum absolute atomic E-state index is 0.151. The smallest absolute Gasteiger partial charge is 0.406 e. The number of ether oxygens (including phenoxy) is 1. The molecule has 0 radical (unpaired) electrons. The zero-order chi connectivity index (χ0) is 22.8. The highest BCUT2D eigenvalue weighted by atomic mass is 35.5. The first kappa shape index (κ1) is 23.0. The van der Waals surface area contributed by atoms with Gasteiger partial charge in [0.15, 0.2) is 5.82 Å². The molecule has 0 fully saturated rings. The number of nitrogens with zero attached hydrogens (tertiary/aromatic N) is 2. The van der Waals surface area contributed by atoms with Crippen molar-refractivity contribution in [3.63, 3.8) is 0 Å². The Bertz CT molecular complexity index is 1030. The van der Waals surface area contributed by atoms with Crippen LogP contribution in [0.25, 0.3) is 5.82 Å². The number of aromatic nitrogens is 2. The Balaban J connectivity index is 1.70. The molecule has 2 aromatic heterocycles. The van der Waals surface area contributed by atoms with E-state index in [9.17, 15) is 26.3 Å². The Morgan fingerprint density at radius 1 is 1.10 bits per heavy atom. The van der Waals surface area contributed by atoms with Gasteiger partial charge in [-0.25, -0.2) is 4.98 Å². The van der Waals surface area contributed by atoms with Crippen LogP contribution in [-0.2, 0) is 12.7 Å². The van der Waals surface area contributed by atoms with Crippen LogP contribution in [-0.4, -0.2) is 15.9 Å². The SMILES string of the molecule is CC(NCc1cccn1-c1ncc(C(F)(F)F)cc1Cl)c1ccc(OC(F)(F)F)cc1. The van der Waals surface area contributed by atoms with Gasteiger partial charge in [0.1, 0.15) is 5.75 Å². The first-order valence-electron chi connectivity index (χ1n) is 8.92. The van der Waals surface area contributed by atoms with Gasteiger partial charge in [0.2, 0.25) is 0 Å². The highest BCUT2D eigenvalue weighted by Crippen LogP contribution is 2.32. The summed E-state index contributed by atoms with van der Waals surface area (Å²) in [4.78, 5) is 3.85. The first-order valence-corrected chi connectivity index (χ1v) is 9.30. The van der Waals surface area contributed by atoms with Gasteiger partial charge in [0, 0.05) is 30.7 Å². The van der Waals surface area contributed by atoms with Gasteiger partial charge in [0.05, 0.1) is 10.6 Å². The third-order valence-electron chi connectivity index (χ3n) is 4.41. The van der Waals surface area contributed by atoms with E-state index in [0.29, 0.717) is 18.4 Å². The van der Waals surface area contributed by atoms with Crippen LogP contribution in [0.4, 0.5) is 26.3 Å². The third kappa shape index (κ3) is 5.92. The van der Waals surface area contributed by atoms with Crippen molar-refractivity contribution in [2.24, 2.45) is 0 Å². The van der Waals surface area contributed by atoms with E-state index in [2.05, 4.69) is 15.0 Å². The second-order valence-corrected chi connectivity index (χ2v) is 7.02. The molecule has 0 aliphatic heterocycles. The molecular formula is C20H16ClF6N3O. The molecule has 3 rings (SSSR count). The summed E-state index contributed by atoms with van der Waals surface area (Å²) >= 11 is 6.02. The van der Waals surface area contributed by atoms with Gasteiger partial charge in [-0.15, -0.1) is 13.2 Å². The van der Waals surface area contributed by atoms with Crippen LogP contribution in [0, 0.1) is 0 Å². The number of pyridine rings is 1. The van der Waals surface area contributed by atoms with Gasteiger partial charge in [-0.1, -0.05) is 23.7 Å². The van der Waals surface area contributed by atoms with Gasteiger partial charge in [0.25, 0.3) is 0 Å². The van der Waals surface area contributed by atoms with E-state index in [0.717, 1.165) is 11.6 Å². The fraction of sp³-hybridized carbons (Fsp3) is 0.250. The van der Waals surface area contributed by atoms with Crippen LogP contribution in [0.15, 0.2) is 54.9 Å². The lowest BCUT2D eigenvalue weighted by molar-refractivity contribution is -0.274. The summed E-state index contributed by atoms with van der Waals surface area (Å²) < 4.78 is 80.6. The minimum atomic E-state index is -4.76. The van der Waals surface area contributed by atoms with Gasteiger partial charge in [-0.2, -0.15) is 13.2 Å². The normalized spacial score (nSPS) is 13.3. The Labute approximate surface area is 178 Å². The number of rotatable bonds is 6. The van der Waals surface area contributed by atoms with E-state index in [-0.39, 0.29) is 22.6 Å². The van der Waals surface area contributed by atoms with Crippen LogP contribution in [0.5, 0.6) is 5.75 Å². The van der Waals surface area contributed by atoms with Crippen molar-refractivity contribution in [3.05, 3.63) is 76.7 Å². The van der Waals surface area contributed by atoms with E-state index < -0.39 is 18.1 Å². The first-order chi connectivity index (χ1) is 14.4. The maximum absolute atomic E-state index is 12.8. The zero-order valence-electron chi connectivity index (χ0n) is 15.9. The molecule has 1 atom stereocenters. The fourth-order valence-corrected chi connectivity index (χ4v) is 3.12. The molecule has 0 saturated carbocycles. The number of benzene rings is 1. The van der Waals surface area contributed by atoms with Gasteiger partial charge >= 0.3 is 12.5 Å². The number of halogens is 7. The molecule has 3 aromatic rings. The quantitative estimate of drug-likeness (QED) is 0.436. The van der Waals surface area contributed by atoms with Crippen LogP contribution < -0.4 is 10.1 Å². The second-order valence-electron chi connectivity index (χ2n) is 6.62. The minimum Gasteiger partial charge on any atom is -0.406 e. The Kier molecular flexibility index (Phi) is 6.51. The lowest BCUT2D eigenvalue weighted by Gasteiger charge is -2.17. The molecule has 166 valence electrons. The largest absolute Gasteiger partial charge is 0.573 e. The van der Waals surface area contributed by atoms with E-state index in [1.54, 1.807) is 22.9 Å². The van der Waals surface area contributed by atoms with Crippen LogP contribution in [0.2, 0.25) is 5.02 Å². The summed E-state index contributed by atoms with van der Waals surface area (Å²) in [7, 11) is 0. The molecule has 0 aliphatic rings. The summed E-state index contributed by atoms with van der Waals surface area (Å²) in [6, 6.07) is 9.47. The molecule has 4 nitrogen and oxygen atoms in total. The summed E-state index contributed by atoms with van der Waals surface area (Å²) in [5.74, 6) is -0.168. The third-order valence-corrected chi connectivity index (χ3v) is 4.69. The standard InChI is InChI=1S/C20H16ClF6N3O/c1-12(13-4-6-16(7-5-13)31-20(25,26)27)28-11-15-3-2-8-30(15)18-17(21)9-14(10-29-18)19(22,23)24/h2-10,12,28H,11H2,1H3. The topological polar surface area (TPSA) is 39.1 Å². The predicted molar refractivity (Wildman–Crippen MR) is 102 cm³/mol. The molecular weight excluding hydrogens is 448 g/mol. The van der Waals surface area contributed by atoms with E-state index in [1.165, 1.54) is 24.3 Å². The predicted octanol–water partition coefficient (Wildman–Crippen LogP) is 6.29. The molecule has 0 saturated heterocycles. The van der Waals surface area contributed by atoms with E-state index >= 15 is 0 Å².